The summed E-state index contributed by atoms with van der Waals surface area (Å²) in [6.07, 6.45) is 0.878. The van der Waals surface area contributed by atoms with Crippen LogP contribution in [-0.2, 0) is 4.74 Å². The molecule has 164 valence electrons. The molecular weight excluding hydrogens is 400 g/mol. The van der Waals surface area contributed by atoms with E-state index in [0.29, 0.717) is 48.8 Å². The van der Waals surface area contributed by atoms with Crippen molar-refractivity contribution in [3.63, 3.8) is 0 Å². The highest BCUT2D eigenvalue weighted by Gasteiger charge is 2.32. The number of hydrogen-bond donors (Lipinski definition) is 2. The summed E-state index contributed by atoms with van der Waals surface area (Å²) in [6.45, 7) is 6.43. The van der Waals surface area contributed by atoms with Crippen molar-refractivity contribution in [2.45, 2.75) is 26.2 Å². The Morgan fingerprint density at radius 1 is 1.22 bits per heavy atom. The summed E-state index contributed by atoms with van der Waals surface area (Å²) in [6, 6.07) is 15.2. The zero-order valence-electron chi connectivity index (χ0n) is 18.5. The van der Waals surface area contributed by atoms with Crippen LogP contribution in [0.15, 0.2) is 53.7 Å². The lowest BCUT2D eigenvalue weighted by atomic mass is 9.89. The Morgan fingerprint density at radius 3 is 2.56 bits per heavy atom. The standard InChI is InChI=1S/C26H28N4O2/c1-16-3-6-20(11-23(16)25(29)17(2)24(28)21-9-10-32-15-21)26(31)30-13-22(14-30)19-7-4-18(12-27)5-8-19/h3-8,11,21-22,29H,9-10,13-15,28H2,1-2H3. The van der Waals surface area contributed by atoms with Gasteiger partial charge in [-0.25, -0.2) is 0 Å². The Balaban J connectivity index is 1.47. The maximum absolute atomic E-state index is 13.1. The number of nitrogens with one attached hydrogen (secondary N) is 1. The molecule has 3 N–H and O–H groups in total. The summed E-state index contributed by atoms with van der Waals surface area (Å²) < 4.78 is 5.44. The average Bonchev–Trinajstić information content (AvgIpc) is 3.32. The SMILES string of the molecule is CC(C(=N)c1cc(C(=O)N2CC(c3ccc(C#N)cc3)C2)ccc1C)=C(N)C1CCOC1. The van der Waals surface area contributed by atoms with Crippen molar-refractivity contribution in [3.8, 4) is 6.07 Å². The summed E-state index contributed by atoms with van der Waals surface area (Å²) in [5, 5.41) is 17.7. The quantitative estimate of drug-likeness (QED) is 0.708. The molecule has 2 aliphatic rings. The number of nitrogens with zero attached hydrogens (tertiary/aromatic N) is 2. The van der Waals surface area contributed by atoms with Crippen LogP contribution in [0.25, 0.3) is 0 Å². The number of aryl methyl sites for hydroxylation is 1. The molecule has 1 atom stereocenters. The Hall–Kier alpha value is -3.43. The first-order valence-electron chi connectivity index (χ1n) is 10.9. The lowest BCUT2D eigenvalue weighted by Gasteiger charge is -2.39. The van der Waals surface area contributed by atoms with Gasteiger partial charge in [0.2, 0.25) is 0 Å². The van der Waals surface area contributed by atoms with Gasteiger partial charge in [-0.15, -0.1) is 0 Å². The van der Waals surface area contributed by atoms with E-state index in [9.17, 15) is 4.79 Å². The number of amides is 1. The van der Waals surface area contributed by atoms with Crippen LogP contribution in [0.4, 0.5) is 0 Å². The van der Waals surface area contributed by atoms with Crippen LogP contribution in [0.3, 0.4) is 0 Å². The van der Waals surface area contributed by atoms with E-state index in [1.54, 1.807) is 0 Å². The minimum absolute atomic E-state index is 0.0252. The minimum atomic E-state index is -0.0252. The molecule has 0 spiro atoms. The molecular formula is C26H28N4O2. The molecule has 2 saturated heterocycles. The Bertz CT molecular complexity index is 1120. The number of ether oxygens (including phenoxy) is 1. The molecule has 0 radical (unpaired) electrons. The monoisotopic (exact) mass is 428 g/mol. The van der Waals surface area contributed by atoms with Crippen LogP contribution in [0.5, 0.6) is 0 Å². The molecule has 32 heavy (non-hydrogen) atoms. The van der Waals surface area contributed by atoms with E-state index in [4.69, 9.17) is 21.1 Å². The fourth-order valence-corrected chi connectivity index (χ4v) is 4.32. The van der Waals surface area contributed by atoms with Crippen molar-refractivity contribution in [2.75, 3.05) is 26.3 Å². The van der Waals surface area contributed by atoms with Crippen LogP contribution in [0, 0.1) is 29.6 Å². The maximum atomic E-state index is 13.1. The highest BCUT2D eigenvalue weighted by atomic mass is 16.5. The number of rotatable bonds is 5. The molecule has 2 heterocycles. The number of hydrogen-bond acceptors (Lipinski definition) is 5. The van der Waals surface area contributed by atoms with Crippen LogP contribution in [0.2, 0.25) is 0 Å². The Kier molecular flexibility index (Phi) is 6.11. The lowest BCUT2D eigenvalue weighted by molar-refractivity contribution is 0.0602. The second-order valence-electron chi connectivity index (χ2n) is 8.69. The van der Waals surface area contributed by atoms with Gasteiger partial charge in [-0.05, 0) is 61.2 Å². The minimum Gasteiger partial charge on any atom is -0.401 e. The van der Waals surface area contributed by atoms with E-state index in [1.165, 1.54) is 0 Å². The largest absolute Gasteiger partial charge is 0.401 e. The number of allylic oxidation sites excluding steroid dienone is 1. The van der Waals surface area contributed by atoms with E-state index in [2.05, 4.69) is 6.07 Å². The maximum Gasteiger partial charge on any atom is 0.253 e. The fraction of sp³-hybridized carbons (Fsp3) is 0.346. The lowest BCUT2D eigenvalue weighted by Crippen LogP contribution is -2.48. The molecule has 0 bridgehead atoms. The normalized spacial score (nSPS) is 19.2. The van der Waals surface area contributed by atoms with Crippen molar-refractivity contribution in [3.05, 3.63) is 81.6 Å². The van der Waals surface area contributed by atoms with Gasteiger partial charge in [0.05, 0.1) is 24.0 Å². The predicted octanol–water partition coefficient (Wildman–Crippen LogP) is 3.74. The summed E-state index contributed by atoms with van der Waals surface area (Å²) >= 11 is 0. The summed E-state index contributed by atoms with van der Waals surface area (Å²) in [5.74, 6) is 0.414. The Labute approximate surface area is 188 Å². The van der Waals surface area contributed by atoms with Gasteiger partial charge in [0.1, 0.15) is 0 Å². The van der Waals surface area contributed by atoms with Gasteiger partial charge in [-0.3, -0.25) is 10.2 Å². The van der Waals surface area contributed by atoms with Gasteiger partial charge in [0.25, 0.3) is 5.91 Å². The molecule has 0 aliphatic carbocycles. The molecule has 4 rings (SSSR count). The zero-order valence-corrected chi connectivity index (χ0v) is 18.5. The van der Waals surface area contributed by atoms with Crippen molar-refractivity contribution in [1.82, 2.24) is 4.90 Å². The summed E-state index contributed by atoms with van der Waals surface area (Å²) in [7, 11) is 0. The summed E-state index contributed by atoms with van der Waals surface area (Å²) in [5.41, 5.74) is 12.2. The summed E-state index contributed by atoms with van der Waals surface area (Å²) in [4.78, 5) is 14.9. The molecule has 2 fully saturated rings. The second kappa shape index (κ2) is 8.97. The van der Waals surface area contributed by atoms with Crippen molar-refractivity contribution in [1.29, 1.82) is 10.7 Å². The molecule has 1 unspecified atom stereocenters. The van der Waals surface area contributed by atoms with Crippen molar-refractivity contribution >= 4 is 11.6 Å². The van der Waals surface area contributed by atoms with Gasteiger partial charge in [0, 0.05) is 48.4 Å². The number of nitrogens with two attached hydrogens (primary N) is 1. The van der Waals surface area contributed by atoms with E-state index in [0.717, 1.165) is 28.7 Å². The highest BCUT2D eigenvalue weighted by molar-refractivity contribution is 6.12. The molecule has 1 amide bonds. The molecule has 2 aromatic rings. The van der Waals surface area contributed by atoms with E-state index in [1.807, 2.05) is 61.2 Å². The predicted molar refractivity (Wildman–Crippen MR) is 124 cm³/mol. The number of carbonyl (C=O) groups is 1. The topological polar surface area (TPSA) is 103 Å². The van der Waals surface area contributed by atoms with Gasteiger partial charge in [-0.1, -0.05) is 18.2 Å². The molecule has 2 aromatic carbocycles. The number of nitriles is 1. The first kappa shape index (κ1) is 21.8. The van der Waals surface area contributed by atoms with Crippen molar-refractivity contribution < 1.29 is 9.53 Å². The fourth-order valence-electron chi connectivity index (χ4n) is 4.32. The van der Waals surface area contributed by atoms with Crippen LogP contribution in [0.1, 0.15) is 51.9 Å². The first-order valence-corrected chi connectivity index (χ1v) is 10.9. The van der Waals surface area contributed by atoms with Gasteiger partial charge in [-0.2, -0.15) is 5.26 Å². The molecule has 0 aromatic heterocycles. The van der Waals surface area contributed by atoms with E-state index in [-0.39, 0.29) is 17.7 Å². The third-order valence-corrected chi connectivity index (χ3v) is 6.61. The zero-order chi connectivity index (χ0) is 22.8. The molecule has 6 nitrogen and oxygen atoms in total. The third kappa shape index (κ3) is 4.17. The van der Waals surface area contributed by atoms with Gasteiger partial charge in [0.15, 0.2) is 0 Å². The number of carbonyl (C=O) groups excluding carboxylic acids is 1. The van der Waals surface area contributed by atoms with Crippen LogP contribution in [-0.4, -0.2) is 42.8 Å². The number of benzene rings is 2. The van der Waals surface area contributed by atoms with Gasteiger partial charge < -0.3 is 15.4 Å². The second-order valence-corrected chi connectivity index (χ2v) is 8.69. The van der Waals surface area contributed by atoms with Crippen LogP contribution >= 0.6 is 0 Å². The van der Waals surface area contributed by atoms with Gasteiger partial charge >= 0.3 is 0 Å². The molecule has 6 heteroatoms. The third-order valence-electron chi connectivity index (χ3n) is 6.61. The highest BCUT2D eigenvalue weighted by Crippen LogP contribution is 2.29. The molecule has 2 aliphatic heterocycles. The van der Waals surface area contributed by atoms with Crippen LogP contribution < -0.4 is 5.73 Å². The van der Waals surface area contributed by atoms with E-state index >= 15 is 0 Å². The number of likely N-dealkylation sites (tertiary alicyclic amines) is 1. The smallest absolute Gasteiger partial charge is 0.253 e. The Morgan fingerprint density at radius 2 is 1.94 bits per heavy atom. The molecule has 0 saturated carbocycles. The van der Waals surface area contributed by atoms with E-state index < -0.39 is 0 Å². The first-order chi connectivity index (χ1) is 15.4. The average molecular weight is 429 g/mol. The van der Waals surface area contributed by atoms with Crippen molar-refractivity contribution in [2.24, 2.45) is 11.7 Å².